The average molecular weight is 278 g/mol. The Balaban J connectivity index is 1.52. The molecule has 2 fully saturated rings. The van der Waals surface area contributed by atoms with E-state index >= 15 is 0 Å². The average Bonchev–Trinajstić information content (AvgIpc) is 3.07. The molecule has 1 N–H and O–H groups in total. The van der Waals surface area contributed by atoms with Crippen LogP contribution in [0.15, 0.2) is 24.3 Å². The zero-order valence-corrected chi connectivity index (χ0v) is 11.4. The maximum absolute atomic E-state index is 13.0. The molecule has 1 spiro atoms. The van der Waals surface area contributed by atoms with Crippen molar-refractivity contribution in [2.45, 2.75) is 12.8 Å². The van der Waals surface area contributed by atoms with Crippen LogP contribution in [0.1, 0.15) is 12.8 Å². The van der Waals surface area contributed by atoms with Gasteiger partial charge in [-0.1, -0.05) is 6.07 Å². The minimum Gasteiger partial charge on any atom is -0.484 e. The van der Waals surface area contributed by atoms with Crippen molar-refractivity contribution in [2.24, 2.45) is 5.41 Å². The lowest BCUT2D eigenvalue weighted by molar-refractivity contribution is -0.132. The van der Waals surface area contributed by atoms with Gasteiger partial charge in [0.1, 0.15) is 11.6 Å². The van der Waals surface area contributed by atoms with Crippen molar-refractivity contribution in [2.75, 3.05) is 32.8 Å². The molecule has 5 heteroatoms. The van der Waals surface area contributed by atoms with Gasteiger partial charge in [0.25, 0.3) is 5.91 Å². The summed E-state index contributed by atoms with van der Waals surface area (Å²) in [6.07, 6.45) is 2.20. The normalized spacial score (nSPS) is 25.4. The highest BCUT2D eigenvalue weighted by molar-refractivity contribution is 5.78. The van der Waals surface area contributed by atoms with Crippen LogP contribution in [0.3, 0.4) is 0 Å². The van der Waals surface area contributed by atoms with Crippen molar-refractivity contribution in [1.82, 2.24) is 10.2 Å². The van der Waals surface area contributed by atoms with Gasteiger partial charge in [-0.3, -0.25) is 4.79 Å². The molecule has 2 aliphatic rings. The Morgan fingerprint density at radius 3 is 3.10 bits per heavy atom. The molecule has 1 amide bonds. The Labute approximate surface area is 117 Å². The molecule has 1 atom stereocenters. The van der Waals surface area contributed by atoms with E-state index in [4.69, 9.17) is 4.74 Å². The molecule has 3 rings (SSSR count). The second-order valence-corrected chi connectivity index (χ2v) is 5.74. The van der Waals surface area contributed by atoms with Gasteiger partial charge in [0.2, 0.25) is 0 Å². The summed E-state index contributed by atoms with van der Waals surface area (Å²) in [5.74, 6) is 0.0277. The van der Waals surface area contributed by atoms with Crippen LogP contribution in [0.25, 0.3) is 0 Å². The molecule has 108 valence electrons. The Kier molecular flexibility index (Phi) is 3.61. The van der Waals surface area contributed by atoms with Gasteiger partial charge in [-0.2, -0.15) is 0 Å². The van der Waals surface area contributed by atoms with Gasteiger partial charge in [-0.15, -0.1) is 0 Å². The first-order valence-corrected chi connectivity index (χ1v) is 7.04. The van der Waals surface area contributed by atoms with Gasteiger partial charge in [-0.05, 0) is 31.5 Å². The second kappa shape index (κ2) is 5.40. The molecule has 2 aliphatic heterocycles. The summed E-state index contributed by atoms with van der Waals surface area (Å²) in [7, 11) is 0. The molecule has 0 saturated carbocycles. The van der Waals surface area contributed by atoms with E-state index in [-0.39, 0.29) is 23.7 Å². The van der Waals surface area contributed by atoms with Crippen LogP contribution < -0.4 is 10.1 Å². The molecule has 1 aromatic carbocycles. The van der Waals surface area contributed by atoms with E-state index in [1.165, 1.54) is 12.1 Å². The maximum atomic E-state index is 13.0. The number of nitrogens with one attached hydrogen (secondary N) is 1. The van der Waals surface area contributed by atoms with Gasteiger partial charge in [0.05, 0.1) is 0 Å². The number of hydrogen-bond acceptors (Lipinski definition) is 3. The summed E-state index contributed by atoms with van der Waals surface area (Å²) < 4.78 is 18.4. The van der Waals surface area contributed by atoms with Crippen LogP contribution in [0.4, 0.5) is 4.39 Å². The summed E-state index contributed by atoms with van der Waals surface area (Å²) in [6, 6.07) is 5.87. The summed E-state index contributed by atoms with van der Waals surface area (Å²) >= 11 is 0. The first kappa shape index (κ1) is 13.4. The second-order valence-electron chi connectivity index (χ2n) is 5.74. The van der Waals surface area contributed by atoms with Gasteiger partial charge in [-0.25, -0.2) is 4.39 Å². The molecule has 0 radical (unpaired) electrons. The van der Waals surface area contributed by atoms with E-state index in [0.29, 0.717) is 5.75 Å². The lowest BCUT2D eigenvalue weighted by atomic mass is 9.87. The Morgan fingerprint density at radius 2 is 2.35 bits per heavy atom. The van der Waals surface area contributed by atoms with Crippen molar-refractivity contribution in [3.05, 3.63) is 30.1 Å². The number of hydrogen-bond donors (Lipinski definition) is 1. The predicted octanol–water partition coefficient (Wildman–Crippen LogP) is 1.42. The number of nitrogens with zero attached hydrogens (tertiary/aromatic N) is 1. The van der Waals surface area contributed by atoms with Crippen molar-refractivity contribution >= 4 is 5.91 Å². The summed E-state index contributed by atoms with van der Waals surface area (Å²) in [6.45, 7) is 3.63. The number of likely N-dealkylation sites (tertiary alicyclic amines) is 1. The zero-order valence-electron chi connectivity index (χ0n) is 11.4. The van der Waals surface area contributed by atoms with Crippen LogP contribution in [0.5, 0.6) is 5.75 Å². The van der Waals surface area contributed by atoms with Crippen molar-refractivity contribution in [3.63, 3.8) is 0 Å². The Hall–Kier alpha value is -1.62. The highest BCUT2D eigenvalue weighted by Crippen LogP contribution is 2.35. The smallest absolute Gasteiger partial charge is 0.260 e. The molecule has 4 nitrogen and oxygen atoms in total. The molecular weight excluding hydrogens is 259 g/mol. The molecule has 0 aromatic heterocycles. The zero-order chi connectivity index (χ0) is 14.0. The third-order valence-corrected chi connectivity index (χ3v) is 4.28. The molecule has 2 heterocycles. The van der Waals surface area contributed by atoms with Gasteiger partial charge in [0, 0.05) is 31.1 Å². The van der Waals surface area contributed by atoms with Gasteiger partial charge in [0.15, 0.2) is 6.61 Å². The predicted molar refractivity (Wildman–Crippen MR) is 73.0 cm³/mol. The Morgan fingerprint density at radius 1 is 1.45 bits per heavy atom. The summed E-state index contributed by atoms with van der Waals surface area (Å²) in [4.78, 5) is 14.0. The monoisotopic (exact) mass is 278 g/mol. The number of halogens is 1. The maximum Gasteiger partial charge on any atom is 0.260 e. The third kappa shape index (κ3) is 2.77. The highest BCUT2D eigenvalue weighted by atomic mass is 19.1. The molecule has 2 saturated heterocycles. The number of carbonyl (C=O) groups excluding carboxylic acids is 1. The fraction of sp³-hybridized carbons (Fsp3) is 0.533. The van der Waals surface area contributed by atoms with Gasteiger partial charge >= 0.3 is 0 Å². The topological polar surface area (TPSA) is 41.6 Å². The van der Waals surface area contributed by atoms with E-state index < -0.39 is 0 Å². The van der Waals surface area contributed by atoms with Crippen LogP contribution in [-0.4, -0.2) is 43.6 Å². The largest absolute Gasteiger partial charge is 0.484 e. The number of benzene rings is 1. The molecule has 0 aliphatic carbocycles. The minimum atomic E-state index is -0.355. The first-order valence-electron chi connectivity index (χ1n) is 7.04. The van der Waals surface area contributed by atoms with E-state index in [1.54, 1.807) is 12.1 Å². The Bertz CT molecular complexity index is 500. The van der Waals surface area contributed by atoms with Gasteiger partial charge < -0.3 is 15.0 Å². The van der Waals surface area contributed by atoms with E-state index in [1.807, 2.05) is 4.90 Å². The fourth-order valence-corrected chi connectivity index (χ4v) is 3.08. The lowest BCUT2D eigenvalue weighted by Gasteiger charge is -2.22. The first-order chi connectivity index (χ1) is 9.67. The summed E-state index contributed by atoms with van der Waals surface area (Å²) in [5, 5.41) is 3.37. The molecule has 0 bridgehead atoms. The number of rotatable bonds is 3. The molecular formula is C15H19FN2O2. The van der Waals surface area contributed by atoms with Crippen molar-refractivity contribution in [1.29, 1.82) is 0 Å². The molecule has 1 unspecified atom stereocenters. The minimum absolute atomic E-state index is 0.0157. The number of carbonyl (C=O) groups is 1. The quantitative estimate of drug-likeness (QED) is 0.909. The summed E-state index contributed by atoms with van der Waals surface area (Å²) in [5.41, 5.74) is 0.272. The molecule has 1 aromatic rings. The SMILES string of the molecule is O=C(COc1cccc(F)c1)N1CCC2(CCNC2)C1. The van der Waals surface area contributed by atoms with E-state index in [0.717, 1.165) is 39.0 Å². The standard InChI is InChI=1S/C15H19FN2O2/c16-12-2-1-3-13(8-12)20-9-14(19)18-7-5-15(11-18)4-6-17-10-15/h1-3,8,17H,4-7,9-11H2. The third-order valence-electron chi connectivity index (χ3n) is 4.28. The van der Waals surface area contributed by atoms with Crippen molar-refractivity contribution in [3.8, 4) is 5.75 Å². The van der Waals surface area contributed by atoms with Crippen LogP contribution in [-0.2, 0) is 4.79 Å². The molecule has 20 heavy (non-hydrogen) atoms. The van der Waals surface area contributed by atoms with E-state index in [9.17, 15) is 9.18 Å². The number of ether oxygens (including phenoxy) is 1. The lowest BCUT2D eigenvalue weighted by Crippen LogP contribution is -2.36. The highest BCUT2D eigenvalue weighted by Gasteiger charge is 2.41. The number of amides is 1. The van der Waals surface area contributed by atoms with Crippen LogP contribution in [0.2, 0.25) is 0 Å². The van der Waals surface area contributed by atoms with Crippen LogP contribution >= 0.6 is 0 Å². The van der Waals surface area contributed by atoms with Crippen molar-refractivity contribution < 1.29 is 13.9 Å². The van der Waals surface area contributed by atoms with E-state index in [2.05, 4.69) is 5.32 Å². The van der Waals surface area contributed by atoms with Crippen LogP contribution in [0, 0.1) is 11.2 Å². The fourth-order valence-electron chi connectivity index (χ4n) is 3.08.